The highest BCUT2D eigenvalue weighted by Crippen LogP contribution is 2.20. The zero-order valence-electron chi connectivity index (χ0n) is 11.2. The number of piperidine rings is 1. The molecular formula is C14H22FN3. The summed E-state index contributed by atoms with van der Waals surface area (Å²) >= 11 is 0. The molecule has 0 radical (unpaired) electrons. The van der Waals surface area contributed by atoms with Crippen molar-refractivity contribution in [3.8, 4) is 0 Å². The molecule has 1 aliphatic heterocycles. The van der Waals surface area contributed by atoms with Gasteiger partial charge in [-0.25, -0.2) is 4.39 Å². The predicted octanol–water partition coefficient (Wildman–Crippen LogP) is 1.93. The molecule has 1 aliphatic rings. The molecule has 2 N–H and O–H groups in total. The molecule has 1 aromatic carbocycles. The van der Waals surface area contributed by atoms with Gasteiger partial charge >= 0.3 is 0 Å². The molecule has 1 atom stereocenters. The average molecular weight is 251 g/mol. The third-order valence-corrected chi connectivity index (χ3v) is 3.71. The Bertz CT molecular complexity index is 406. The van der Waals surface area contributed by atoms with Crippen LogP contribution in [0.5, 0.6) is 0 Å². The molecule has 0 spiro atoms. The number of likely N-dealkylation sites (tertiary alicyclic amines) is 1. The second kappa shape index (κ2) is 5.67. The highest BCUT2D eigenvalue weighted by molar-refractivity contribution is 5.46. The summed E-state index contributed by atoms with van der Waals surface area (Å²) in [6.07, 6.45) is 2.46. The van der Waals surface area contributed by atoms with Crippen LogP contribution in [0.2, 0.25) is 0 Å². The molecule has 1 aromatic rings. The number of benzene rings is 1. The van der Waals surface area contributed by atoms with E-state index in [2.05, 4.69) is 23.9 Å². The highest BCUT2D eigenvalue weighted by atomic mass is 19.1. The predicted molar refractivity (Wildman–Crippen MR) is 72.8 cm³/mol. The monoisotopic (exact) mass is 251 g/mol. The molecule has 0 bridgehead atoms. The van der Waals surface area contributed by atoms with E-state index in [9.17, 15) is 4.39 Å². The first-order valence-corrected chi connectivity index (χ1v) is 6.49. The van der Waals surface area contributed by atoms with Crippen molar-refractivity contribution in [3.05, 3.63) is 29.6 Å². The Morgan fingerprint density at radius 2 is 2.22 bits per heavy atom. The summed E-state index contributed by atoms with van der Waals surface area (Å²) in [6, 6.07) is 5.30. The quantitative estimate of drug-likeness (QED) is 0.833. The van der Waals surface area contributed by atoms with E-state index in [1.165, 1.54) is 25.0 Å². The number of rotatable bonds is 3. The first-order valence-electron chi connectivity index (χ1n) is 6.49. The molecule has 18 heavy (non-hydrogen) atoms. The van der Waals surface area contributed by atoms with Gasteiger partial charge in [0, 0.05) is 24.8 Å². The summed E-state index contributed by atoms with van der Waals surface area (Å²) in [7, 11) is 4.25. The molecule has 3 nitrogen and oxygen atoms in total. The zero-order chi connectivity index (χ0) is 13.1. The Morgan fingerprint density at radius 3 is 2.89 bits per heavy atom. The van der Waals surface area contributed by atoms with Crippen molar-refractivity contribution in [2.45, 2.75) is 25.4 Å². The molecule has 100 valence electrons. The Morgan fingerprint density at radius 1 is 1.44 bits per heavy atom. The lowest BCUT2D eigenvalue weighted by atomic mass is 10.0. The minimum Gasteiger partial charge on any atom is -0.398 e. The molecule has 0 aliphatic carbocycles. The molecule has 2 rings (SSSR count). The van der Waals surface area contributed by atoms with Gasteiger partial charge in [0.1, 0.15) is 5.82 Å². The van der Waals surface area contributed by atoms with E-state index < -0.39 is 0 Å². The normalized spacial score (nSPS) is 21.4. The van der Waals surface area contributed by atoms with E-state index in [0.29, 0.717) is 11.7 Å². The second-order valence-electron chi connectivity index (χ2n) is 5.34. The smallest absolute Gasteiger partial charge is 0.125 e. The Kier molecular flexibility index (Phi) is 4.19. The minimum atomic E-state index is -0.263. The number of nitrogens with zero attached hydrogens (tertiary/aromatic N) is 2. The van der Waals surface area contributed by atoms with Gasteiger partial charge in [0.25, 0.3) is 0 Å². The number of nitrogens with two attached hydrogens (primary N) is 1. The van der Waals surface area contributed by atoms with E-state index in [1.54, 1.807) is 6.07 Å². The number of nitrogen functional groups attached to an aromatic ring is 1. The molecule has 4 heteroatoms. The Hall–Kier alpha value is -1.13. The molecule has 0 aromatic heterocycles. The molecule has 0 amide bonds. The van der Waals surface area contributed by atoms with Gasteiger partial charge in [-0.2, -0.15) is 0 Å². The van der Waals surface area contributed by atoms with Crippen LogP contribution in [0.4, 0.5) is 10.1 Å². The van der Waals surface area contributed by atoms with Gasteiger partial charge in [0.05, 0.1) is 0 Å². The van der Waals surface area contributed by atoms with Gasteiger partial charge in [-0.1, -0.05) is 6.07 Å². The fraction of sp³-hybridized carbons (Fsp3) is 0.571. The zero-order valence-corrected chi connectivity index (χ0v) is 11.2. The van der Waals surface area contributed by atoms with Gasteiger partial charge in [0.15, 0.2) is 0 Å². The third-order valence-electron chi connectivity index (χ3n) is 3.71. The van der Waals surface area contributed by atoms with Crippen LogP contribution in [0.3, 0.4) is 0 Å². The largest absolute Gasteiger partial charge is 0.398 e. The van der Waals surface area contributed by atoms with Crippen molar-refractivity contribution in [2.75, 3.05) is 32.9 Å². The van der Waals surface area contributed by atoms with Crippen LogP contribution in [0, 0.1) is 5.82 Å². The van der Waals surface area contributed by atoms with E-state index >= 15 is 0 Å². The van der Waals surface area contributed by atoms with Crippen LogP contribution in [0.25, 0.3) is 0 Å². The third kappa shape index (κ3) is 3.21. The van der Waals surface area contributed by atoms with E-state index in [4.69, 9.17) is 5.73 Å². The van der Waals surface area contributed by atoms with Crippen molar-refractivity contribution >= 4 is 5.69 Å². The van der Waals surface area contributed by atoms with Crippen molar-refractivity contribution in [2.24, 2.45) is 0 Å². The second-order valence-corrected chi connectivity index (χ2v) is 5.34. The van der Waals surface area contributed by atoms with Gasteiger partial charge in [-0.3, -0.25) is 4.90 Å². The lowest BCUT2D eigenvalue weighted by Crippen LogP contribution is -2.44. The maximum Gasteiger partial charge on any atom is 0.125 e. The van der Waals surface area contributed by atoms with Crippen LogP contribution < -0.4 is 5.73 Å². The lowest BCUT2D eigenvalue weighted by Gasteiger charge is -2.36. The molecule has 0 saturated carbocycles. The fourth-order valence-electron chi connectivity index (χ4n) is 2.55. The number of hydrogen-bond donors (Lipinski definition) is 1. The minimum absolute atomic E-state index is 0.263. The maximum atomic E-state index is 13.0. The van der Waals surface area contributed by atoms with Crippen LogP contribution in [0.1, 0.15) is 18.4 Å². The summed E-state index contributed by atoms with van der Waals surface area (Å²) in [5.41, 5.74) is 7.44. The van der Waals surface area contributed by atoms with E-state index in [1.807, 2.05) is 0 Å². The summed E-state index contributed by atoms with van der Waals surface area (Å²) in [4.78, 5) is 4.68. The Balaban J connectivity index is 2.00. The summed E-state index contributed by atoms with van der Waals surface area (Å²) in [5, 5.41) is 0. The number of halogens is 1. The SMILES string of the molecule is CN(C)C1CCCN(Cc2ccc(F)cc2N)C1. The summed E-state index contributed by atoms with van der Waals surface area (Å²) in [6.45, 7) is 2.97. The van der Waals surface area contributed by atoms with Crippen molar-refractivity contribution < 1.29 is 4.39 Å². The average Bonchev–Trinajstić information content (AvgIpc) is 2.33. The Labute approximate surface area is 108 Å². The van der Waals surface area contributed by atoms with Crippen molar-refractivity contribution in [3.63, 3.8) is 0 Å². The summed E-state index contributed by atoms with van der Waals surface area (Å²) < 4.78 is 13.0. The highest BCUT2D eigenvalue weighted by Gasteiger charge is 2.21. The molecular weight excluding hydrogens is 229 g/mol. The fourth-order valence-corrected chi connectivity index (χ4v) is 2.55. The van der Waals surface area contributed by atoms with Crippen molar-refractivity contribution in [1.29, 1.82) is 0 Å². The van der Waals surface area contributed by atoms with Gasteiger partial charge in [0.2, 0.25) is 0 Å². The molecule has 1 saturated heterocycles. The molecule has 1 fully saturated rings. The number of hydrogen-bond acceptors (Lipinski definition) is 3. The van der Waals surface area contributed by atoms with Crippen LogP contribution in [0.15, 0.2) is 18.2 Å². The van der Waals surface area contributed by atoms with E-state index in [-0.39, 0.29) is 5.82 Å². The van der Waals surface area contributed by atoms with Crippen molar-refractivity contribution in [1.82, 2.24) is 9.80 Å². The van der Waals surface area contributed by atoms with Crippen LogP contribution in [-0.4, -0.2) is 43.0 Å². The first kappa shape index (κ1) is 13.3. The lowest BCUT2D eigenvalue weighted by molar-refractivity contribution is 0.128. The molecule has 1 heterocycles. The topological polar surface area (TPSA) is 32.5 Å². The van der Waals surface area contributed by atoms with Gasteiger partial charge in [-0.15, -0.1) is 0 Å². The maximum absolute atomic E-state index is 13.0. The number of anilines is 1. The van der Waals surface area contributed by atoms with Crippen LogP contribution >= 0.6 is 0 Å². The summed E-state index contributed by atoms with van der Waals surface area (Å²) in [5.74, 6) is -0.263. The number of likely N-dealkylation sites (N-methyl/N-ethyl adjacent to an activating group) is 1. The molecule has 1 unspecified atom stereocenters. The first-order chi connectivity index (χ1) is 8.56. The van der Waals surface area contributed by atoms with Gasteiger partial charge < -0.3 is 10.6 Å². The van der Waals surface area contributed by atoms with Crippen LogP contribution in [-0.2, 0) is 6.54 Å². The van der Waals surface area contributed by atoms with E-state index in [0.717, 1.165) is 25.2 Å². The van der Waals surface area contributed by atoms with Gasteiger partial charge in [-0.05, 0) is 51.2 Å². The standard InChI is InChI=1S/C14H22FN3/c1-17(2)13-4-3-7-18(10-13)9-11-5-6-12(15)8-14(11)16/h5-6,8,13H,3-4,7,9-10,16H2,1-2H3.